The Hall–Kier alpha value is -1.34. The van der Waals surface area contributed by atoms with Gasteiger partial charge < -0.3 is 0 Å². The van der Waals surface area contributed by atoms with Crippen LogP contribution in [0.25, 0.3) is 0 Å². The molecule has 0 radical (unpaired) electrons. The van der Waals surface area contributed by atoms with Gasteiger partial charge >= 0.3 is 0 Å². The normalized spacial score (nSPS) is 10.7. The highest BCUT2D eigenvalue weighted by Gasteiger charge is 2.09. The SMILES string of the molecule is CCCN(CC#N)Cc1cc(C)nn1CC. The van der Waals surface area contributed by atoms with Crippen LogP contribution in [0.3, 0.4) is 0 Å². The van der Waals surface area contributed by atoms with Crippen LogP contribution in [-0.2, 0) is 13.1 Å². The molecule has 0 amide bonds. The van der Waals surface area contributed by atoms with E-state index in [0.29, 0.717) is 6.54 Å². The van der Waals surface area contributed by atoms with Gasteiger partial charge in [-0.1, -0.05) is 6.92 Å². The predicted octanol–water partition coefficient (Wildman–Crippen LogP) is 1.95. The Morgan fingerprint density at radius 1 is 1.50 bits per heavy atom. The van der Waals surface area contributed by atoms with Gasteiger partial charge in [0.25, 0.3) is 0 Å². The number of aryl methyl sites for hydroxylation is 2. The molecule has 1 aromatic heterocycles. The number of hydrogen-bond acceptors (Lipinski definition) is 3. The fourth-order valence-electron chi connectivity index (χ4n) is 1.86. The number of nitrogens with zero attached hydrogens (tertiary/aromatic N) is 4. The van der Waals surface area contributed by atoms with Crippen molar-refractivity contribution in [3.8, 4) is 6.07 Å². The summed E-state index contributed by atoms with van der Waals surface area (Å²) in [5.74, 6) is 0. The van der Waals surface area contributed by atoms with Gasteiger partial charge in [-0.25, -0.2) is 0 Å². The highest BCUT2D eigenvalue weighted by molar-refractivity contribution is 5.09. The number of rotatable bonds is 6. The molecular formula is C12H20N4. The van der Waals surface area contributed by atoms with Crippen LogP contribution in [0.2, 0.25) is 0 Å². The molecule has 0 aliphatic carbocycles. The summed E-state index contributed by atoms with van der Waals surface area (Å²) in [7, 11) is 0. The van der Waals surface area contributed by atoms with E-state index in [1.807, 2.05) is 11.6 Å². The second-order valence-corrected chi connectivity index (χ2v) is 3.96. The summed E-state index contributed by atoms with van der Waals surface area (Å²) >= 11 is 0. The van der Waals surface area contributed by atoms with Gasteiger partial charge in [0.1, 0.15) is 0 Å². The van der Waals surface area contributed by atoms with E-state index in [2.05, 4.69) is 36.0 Å². The van der Waals surface area contributed by atoms with E-state index >= 15 is 0 Å². The third kappa shape index (κ3) is 3.35. The van der Waals surface area contributed by atoms with Crippen LogP contribution in [0.1, 0.15) is 31.7 Å². The Labute approximate surface area is 97.5 Å². The smallest absolute Gasteiger partial charge is 0.0869 e. The Balaban J connectivity index is 2.72. The van der Waals surface area contributed by atoms with Gasteiger partial charge in [-0.3, -0.25) is 9.58 Å². The van der Waals surface area contributed by atoms with Gasteiger partial charge in [-0.15, -0.1) is 0 Å². The maximum absolute atomic E-state index is 8.76. The summed E-state index contributed by atoms with van der Waals surface area (Å²) in [6.07, 6.45) is 1.07. The van der Waals surface area contributed by atoms with Crippen LogP contribution in [0.4, 0.5) is 0 Å². The first kappa shape index (κ1) is 12.7. The van der Waals surface area contributed by atoms with Crippen molar-refractivity contribution < 1.29 is 0 Å². The molecule has 0 saturated heterocycles. The molecule has 0 bridgehead atoms. The van der Waals surface area contributed by atoms with Crippen LogP contribution >= 0.6 is 0 Å². The zero-order valence-electron chi connectivity index (χ0n) is 10.4. The first-order valence-electron chi connectivity index (χ1n) is 5.83. The zero-order valence-corrected chi connectivity index (χ0v) is 10.4. The van der Waals surface area contributed by atoms with Crippen molar-refractivity contribution in [1.29, 1.82) is 5.26 Å². The second kappa shape index (κ2) is 6.29. The Kier molecular flexibility index (Phi) is 5.00. The fraction of sp³-hybridized carbons (Fsp3) is 0.667. The van der Waals surface area contributed by atoms with Gasteiger partial charge in [0.05, 0.1) is 24.0 Å². The topological polar surface area (TPSA) is 44.9 Å². The molecule has 0 N–H and O–H groups in total. The zero-order chi connectivity index (χ0) is 12.0. The lowest BCUT2D eigenvalue weighted by Crippen LogP contribution is -2.25. The van der Waals surface area contributed by atoms with E-state index in [1.54, 1.807) is 0 Å². The first-order chi connectivity index (χ1) is 7.71. The summed E-state index contributed by atoms with van der Waals surface area (Å²) in [5.41, 5.74) is 2.24. The van der Waals surface area contributed by atoms with E-state index in [1.165, 1.54) is 5.69 Å². The molecular weight excluding hydrogens is 200 g/mol. The molecule has 1 rings (SSSR count). The summed E-state index contributed by atoms with van der Waals surface area (Å²) in [6, 6.07) is 4.31. The van der Waals surface area contributed by atoms with Crippen molar-refractivity contribution >= 4 is 0 Å². The van der Waals surface area contributed by atoms with Crippen molar-refractivity contribution in [2.24, 2.45) is 0 Å². The van der Waals surface area contributed by atoms with Crippen LogP contribution < -0.4 is 0 Å². The third-order valence-electron chi connectivity index (χ3n) is 2.50. The van der Waals surface area contributed by atoms with Crippen molar-refractivity contribution in [1.82, 2.24) is 14.7 Å². The van der Waals surface area contributed by atoms with E-state index in [9.17, 15) is 0 Å². The summed E-state index contributed by atoms with van der Waals surface area (Å²) in [6.45, 7) is 9.37. The molecule has 4 nitrogen and oxygen atoms in total. The third-order valence-corrected chi connectivity index (χ3v) is 2.50. The average molecular weight is 220 g/mol. The van der Waals surface area contributed by atoms with Gasteiger partial charge in [0.2, 0.25) is 0 Å². The molecule has 0 aliphatic heterocycles. The van der Waals surface area contributed by atoms with Gasteiger partial charge in [-0.05, 0) is 32.9 Å². The van der Waals surface area contributed by atoms with Crippen LogP contribution in [0.5, 0.6) is 0 Å². The molecule has 0 saturated carbocycles. The summed E-state index contributed by atoms with van der Waals surface area (Å²) < 4.78 is 2.01. The second-order valence-electron chi connectivity index (χ2n) is 3.96. The quantitative estimate of drug-likeness (QED) is 0.688. The molecule has 0 aromatic carbocycles. The predicted molar refractivity (Wildman–Crippen MR) is 63.8 cm³/mol. The van der Waals surface area contributed by atoms with Crippen molar-refractivity contribution in [2.75, 3.05) is 13.1 Å². The Morgan fingerprint density at radius 2 is 2.25 bits per heavy atom. The van der Waals surface area contributed by atoms with E-state index < -0.39 is 0 Å². The molecule has 0 aliphatic rings. The minimum Gasteiger partial charge on any atom is -0.285 e. The Bertz CT molecular complexity index is 362. The number of hydrogen-bond donors (Lipinski definition) is 0. The van der Waals surface area contributed by atoms with E-state index in [-0.39, 0.29) is 0 Å². The van der Waals surface area contributed by atoms with Crippen molar-refractivity contribution in [3.63, 3.8) is 0 Å². The van der Waals surface area contributed by atoms with Crippen molar-refractivity contribution in [3.05, 3.63) is 17.5 Å². The van der Waals surface area contributed by atoms with Gasteiger partial charge in [-0.2, -0.15) is 10.4 Å². The lowest BCUT2D eigenvalue weighted by atomic mass is 10.3. The molecule has 0 atom stereocenters. The molecule has 88 valence electrons. The molecule has 0 unspecified atom stereocenters. The van der Waals surface area contributed by atoms with Crippen LogP contribution in [0, 0.1) is 18.3 Å². The van der Waals surface area contributed by atoms with E-state index in [4.69, 9.17) is 5.26 Å². The number of aromatic nitrogens is 2. The minimum atomic E-state index is 0.488. The lowest BCUT2D eigenvalue weighted by molar-refractivity contribution is 0.288. The Morgan fingerprint density at radius 3 is 2.81 bits per heavy atom. The molecule has 1 aromatic rings. The highest BCUT2D eigenvalue weighted by Crippen LogP contribution is 2.08. The summed E-state index contributed by atoms with van der Waals surface area (Å²) in [4.78, 5) is 2.16. The lowest BCUT2D eigenvalue weighted by Gasteiger charge is -2.18. The van der Waals surface area contributed by atoms with Crippen LogP contribution in [0.15, 0.2) is 6.07 Å². The van der Waals surface area contributed by atoms with Crippen LogP contribution in [-0.4, -0.2) is 27.8 Å². The molecule has 0 fully saturated rings. The van der Waals surface area contributed by atoms with E-state index in [0.717, 1.165) is 31.7 Å². The summed E-state index contributed by atoms with van der Waals surface area (Å²) in [5, 5.41) is 13.2. The average Bonchev–Trinajstić information content (AvgIpc) is 2.59. The maximum Gasteiger partial charge on any atom is 0.0869 e. The highest BCUT2D eigenvalue weighted by atomic mass is 15.3. The number of nitriles is 1. The van der Waals surface area contributed by atoms with Crippen molar-refractivity contribution in [2.45, 2.75) is 40.3 Å². The molecule has 1 heterocycles. The molecule has 4 heteroatoms. The largest absolute Gasteiger partial charge is 0.285 e. The van der Waals surface area contributed by atoms with Gasteiger partial charge in [0.15, 0.2) is 0 Å². The molecule has 16 heavy (non-hydrogen) atoms. The maximum atomic E-state index is 8.76. The minimum absolute atomic E-state index is 0.488. The standard InChI is InChI=1S/C12H20N4/c1-4-7-15(8-6-13)10-12-9-11(3)14-16(12)5-2/h9H,4-5,7-8,10H2,1-3H3. The monoisotopic (exact) mass is 220 g/mol. The van der Waals surface area contributed by atoms with Gasteiger partial charge in [0, 0.05) is 13.1 Å². The first-order valence-corrected chi connectivity index (χ1v) is 5.83. The fourth-order valence-corrected chi connectivity index (χ4v) is 1.86. The molecule has 0 spiro atoms.